The molecule has 0 atom stereocenters. The number of para-hydroxylation sites is 1. The van der Waals surface area contributed by atoms with Crippen molar-refractivity contribution >= 4 is 17.3 Å². The SMILES string of the molecule is CCCOc1ccc(C(=O)Nc2ccccc2F)cc1N. The second-order valence-electron chi connectivity index (χ2n) is 4.54. The number of ether oxygens (including phenoxy) is 1. The largest absolute Gasteiger partial charge is 0.491 e. The van der Waals surface area contributed by atoms with Gasteiger partial charge < -0.3 is 15.8 Å². The highest BCUT2D eigenvalue weighted by atomic mass is 19.1. The van der Waals surface area contributed by atoms with Gasteiger partial charge in [0.05, 0.1) is 18.0 Å². The standard InChI is InChI=1S/C16H17FN2O2/c1-2-9-21-15-8-7-11(10-13(15)18)16(20)19-14-6-4-3-5-12(14)17/h3-8,10H,2,9,18H2,1H3,(H,19,20). The lowest BCUT2D eigenvalue weighted by atomic mass is 10.1. The van der Waals surface area contributed by atoms with Crippen LogP contribution in [-0.4, -0.2) is 12.5 Å². The molecule has 0 saturated heterocycles. The third-order valence-electron chi connectivity index (χ3n) is 2.86. The number of halogens is 1. The Morgan fingerprint density at radius 1 is 1.29 bits per heavy atom. The minimum atomic E-state index is -0.485. The number of hydrogen-bond donors (Lipinski definition) is 2. The lowest BCUT2D eigenvalue weighted by Gasteiger charge is -2.10. The van der Waals surface area contributed by atoms with Gasteiger partial charge >= 0.3 is 0 Å². The van der Waals surface area contributed by atoms with Gasteiger partial charge in [-0.15, -0.1) is 0 Å². The van der Waals surface area contributed by atoms with E-state index in [1.807, 2.05) is 6.92 Å². The molecule has 1 amide bonds. The molecule has 21 heavy (non-hydrogen) atoms. The van der Waals surface area contributed by atoms with E-state index >= 15 is 0 Å². The molecule has 4 nitrogen and oxygen atoms in total. The number of rotatable bonds is 5. The summed E-state index contributed by atoms with van der Waals surface area (Å²) in [6.07, 6.45) is 0.870. The summed E-state index contributed by atoms with van der Waals surface area (Å²) < 4.78 is 18.9. The fourth-order valence-corrected chi connectivity index (χ4v) is 1.79. The van der Waals surface area contributed by atoms with Crippen molar-refractivity contribution in [1.82, 2.24) is 0 Å². The molecule has 0 spiro atoms. The molecular formula is C16H17FN2O2. The Morgan fingerprint density at radius 2 is 2.05 bits per heavy atom. The van der Waals surface area contributed by atoms with Crippen LogP contribution in [0.1, 0.15) is 23.7 Å². The van der Waals surface area contributed by atoms with Gasteiger partial charge in [0, 0.05) is 5.56 Å². The van der Waals surface area contributed by atoms with Crippen molar-refractivity contribution in [2.24, 2.45) is 0 Å². The number of carbonyl (C=O) groups is 1. The number of amides is 1. The van der Waals surface area contributed by atoms with Gasteiger partial charge in [-0.25, -0.2) is 4.39 Å². The first-order chi connectivity index (χ1) is 10.1. The normalized spacial score (nSPS) is 10.2. The van der Waals surface area contributed by atoms with E-state index in [0.29, 0.717) is 23.6 Å². The molecule has 0 aliphatic heterocycles. The number of nitrogens with two attached hydrogens (primary N) is 1. The fourth-order valence-electron chi connectivity index (χ4n) is 1.79. The average molecular weight is 288 g/mol. The molecule has 0 bridgehead atoms. The molecule has 0 aromatic heterocycles. The average Bonchev–Trinajstić information content (AvgIpc) is 2.48. The molecule has 110 valence electrons. The summed E-state index contributed by atoms with van der Waals surface area (Å²) >= 11 is 0. The summed E-state index contributed by atoms with van der Waals surface area (Å²) in [6.45, 7) is 2.55. The first-order valence-corrected chi connectivity index (χ1v) is 6.70. The zero-order valence-corrected chi connectivity index (χ0v) is 11.7. The van der Waals surface area contributed by atoms with Crippen molar-refractivity contribution in [2.45, 2.75) is 13.3 Å². The summed E-state index contributed by atoms with van der Waals surface area (Å²) in [6, 6.07) is 10.7. The monoisotopic (exact) mass is 288 g/mol. The van der Waals surface area contributed by atoms with Crippen LogP contribution in [0.2, 0.25) is 0 Å². The van der Waals surface area contributed by atoms with Crippen LogP contribution >= 0.6 is 0 Å². The van der Waals surface area contributed by atoms with Gasteiger partial charge in [-0.05, 0) is 36.8 Å². The Kier molecular flexibility index (Phi) is 4.77. The number of anilines is 2. The van der Waals surface area contributed by atoms with E-state index in [2.05, 4.69) is 5.32 Å². The molecule has 0 aliphatic rings. The summed E-state index contributed by atoms with van der Waals surface area (Å²) in [4.78, 5) is 12.1. The van der Waals surface area contributed by atoms with Crippen LogP contribution < -0.4 is 15.8 Å². The van der Waals surface area contributed by atoms with E-state index < -0.39 is 11.7 Å². The smallest absolute Gasteiger partial charge is 0.255 e. The van der Waals surface area contributed by atoms with Crippen molar-refractivity contribution in [3.63, 3.8) is 0 Å². The first kappa shape index (κ1) is 14.8. The maximum absolute atomic E-state index is 13.5. The highest BCUT2D eigenvalue weighted by molar-refractivity contribution is 6.05. The molecule has 2 rings (SSSR count). The van der Waals surface area contributed by atoms with E-state index in [0.717, 1.165) is 6.42 Å². The van der Waals surface area contributed by atoms with Gasteiger partial charge in [0.25, 0.3) is 5.91 Å². The molecule has 0 aliphatic carbocycles. The van der Waals surface area contributed by atoms with Crippen LogP contribution in [0.15, 0.2) is 42.5 Å². The molecule has 0 unspecified atom stereocenters. The van der Waals surface area contributed by atoms with Crippen LogP contribution in [0.5, 0.6) is 5.75 Å². The Hall–Kier alpha value is -2.56. The third-order valence-corrected chi connectivity index (χ3v) is 2.86. The highest BCUT2D eigenvalue weighted by Crippen LogP contribution is 2.23. The number of carbonyl (C=O) groups excluding carboxylic acids is 1. The number of hydrogen-bond acceptors (Lipinski definition) is 3. The Morgan fingerprint density at radius 3 is 2.71 bits per heavy atom. The summed E-state index contributed by atoms with van der Waals surface area (Å²) in [5.41, 5.74) is 6.70. The summed E-state index contributed by atoms with van der Waals surface area (Å²) in [5.74, 6) is -0.366. The topological polar surface area (TPSA) is 64.3 Å². The zero-order valence-electron chi connectivity index (χ0n) is 11.7. The predicted molar refractivity (Wildman–Crippen MR) is 81.0 cm³/mol. The summed E-state index contributed by atoms with van der Waals surface area (Å²) in [7, 11) is 0. The maximum Gasteiger partial charge on any atom is 0.255 e. The van der Waals surface area contributed by atoms with Crippen LogP contribution in [0.25, 0.3) is 0 Å². The Bertz CT molecular complexity index is 644. The predicted octanol–water partition coefficient (Wildman–Crippen LogP) is 3.45. The Balaban J connectivity index is 2.13. The number of benzene rings is 2. The summed E-state index contributed by atoms with van der Waals surface area (Å²) in [5, 5.41) is 2.51. The zero-order chi connectivity index (χ0) is 15.2. The Labute approximate surface area is 122 Å². The van der Waals surface area contributed by atoms with Crippen LogP contribution in [0.3, 0.4) is 0 Å². The lowest BCUT2D eigenvalue weighted by Crippen LogP contribution is -2.13. The van der Waals surface area contributed by atoms with Gasteiger partial charge in [-0.3, -0.25) is 4.79 Å². The molecule has 2 aromatic carbocycles. The van der Waals surface area contributed by atoms with Gasteiger partial charge in [0.15, 0.2) is 0 Å². The van der Waals surface area contributed by atoms with Crippen molar-refractivity contribution in [1.29, 1.82) is 0 Å². The molecule has 3 N–H and O–H groups in total. The minimum absolute atomic E-state index is 0.132. The van der Waals surface area contributed by atoms with E-state index in [9.17, 15) is 9.18 Å². The molecule has 0 fully saturated rings. The van der Waals surface area contributed by atoms with Gasteiger partial charge in [-0.1, -0.05) is 19.1 Å². The van der Waals surface area contributed by atoms with Gasteiger partial charge in [0.2, 0.25) is 0 Å². The van der Waals surface area contributed by atoms with Crippen molar-refractivity contribution in [2.75, 3.05) is 17.7 Å². The minimum Gasteiger partial charge on any atom is -0.491 e. The van der Waals surface area contributed by atoms with Crippen molar-refractivity contribution < 1.29 is 13.9 Å². The molecule has 0 saturated carbocycles. The van der Waals surface area contributed by atoms with E-state index in [-0.39, 0.29) is 5.69 Å². The number of nitrogens with one attached hydrogen (secondary N) is 1. The maximum atomic E-state index is 13.5. The van der Waals surface area contributed by atoms with Crippen LogP contribution in [0, 0.1) is 5.82 Å². The highest BCUT2D eigenvalue weighted by Gasteiger charge is 2.11. The lowest BCUT2D eigenvalue weighted by molar-refractivity contribution is 0.102. The van der Waals surface area contributed by atoms with Crippen molar-refractivity contribution in [3.8, 4) is 5.75 Å². The first-order valence-electron chi connectivity index (χ1n) is 6.70. The van der Waals surface area contributed by atoms with Crippen LogP contribution in [0.4, 0.5) is 15.8 Å². The number of nitrogen functional groups attached to an aromatic ring is 1. The van der Waals surface area contributed by atoms with Gasteiger partial charge in [-0.2, -0.15) is 0 Å². The van der Waals surface area contributed by atoms with Crippen LogP contribution in [-0.2, 0) is 0 Å². The molecular weight excluding hydrogens is 271 g/mol. The molecule has 0 heterocycles. The molecule has 0 radical (unpaired) electrons. The van der Waals surface area contributed by atoms with Crippen molar-refractivity contribution in [3.05, 3.63) is 53.8 Å². The quantitative estimate of drug-likeness (QED) is 0.828. The molecule has 5 heteroatoms. The van der Waals surface area contributed by atoms with Gasteiger partial charge in [0.1, 0.15) is 11.6 Å². The van der Waals surface area contributed by atoms with E-state index in [1.165, 1.54) is 18.2 Å². The third kappa shape index (κ3) is 3.72. The second-order valence-corrected chi connectivity index (χ2v) is 4.54. The fraction of sp³-hybridized carbons (Fsp3) is 0.188. The van der Waals surface area contributed by atoms with E-state index in [1.54, 1.807) is 24.3 Å². The van der Waals surface area contributed by atoms with E-state index in [4.69, 9.17) is 10.5 Å². The second kappa shape index (κ2) is 6.74. The molecule has 2 aromatic rings.